The van der Waals surface area contributed by atoms with Crippen LogP contribution in [0, 0.1) is 0 Å². The lowest BCUT2D eigenvalue weighted by atomic mass is 10.1. The van der Waals surface area contributed by atoms with E-state index in [2.05, 4.69) is 9.80 Å². The van der Waals surface area contributed by atoms with Crippen LogP contribution in [0.1, 0.15) is 24.5 Å². The molecule has 0 radical (unpaired) electrons. The molecular formula is C32H32ClF6N3O3S. The van der Waals surface area contributed by atoms with Crippen molar-refractivity contribution in [2.24, 2.45) is 0 Å². The number of esters is 1. The summed E-state index contributed by atoms with van der Waals surface area (Å²) in [6.07, 6.45) is -9.48. The lowest BCUT2D eigenvalue weighted by Gasteiger charge is -2.36. The molecule has 14 heteroatoms. The summed E-state index contributed by atoms with van der Waals surface area (Å²) in [6.45, 7) is 6.34. The van der Waals surface area contributed by atoms with Crippen LogP contribution >= 0.6 is 23.4 Å². The van der Waals surface area contributed by atoms with Gasteiger partial charge in [-0.2, -0.15) is 26.3 Å². The van der Waals surface area contributed by atoms with Gasteiger partial charge in [-0.3, -0.25) is 4.90 Å². The number of hydrogen-bond donors (Lipinski definition) is 0. The van der Waals surface area contributed by atoms with Crippen LogP contribution in [0.25, 0.3) is 0 Å². The molecule has 1 unspecified atom stereocenters. The van der Waals surface area contributed by atoms with Crippen LogP contribution in [0.2, 0.25) is 5.02 Å². The zero-order valence-corrected chi connectivity index (χ0v) is 26.4. The fraction of sp³-hybridized carbons (Fsp3) is 0.406. The Balaban J connectivity index is 1.06. The fourth-order valence-corrected chi connectivity index (χ4v) is 6.74. The number of ether oxygens (including phenoxy) is 2. The molecule has 0 saturated carbocycles. The molecule has 1 saturated heterocycles. The Kier molecular flexibility index (Phi) is 10.7. The molecule has 0 spiro atoms. The van der Waals surface area contributed by atoms with Crippen molar-refractivity contribution in [2.45, 2.75) is 41.6 Å². The molecule has 248 valence electrons. The summed E-state index contributed by atoms with van der Waals surface area (Å²) in [7, 11) is 0. The molecule has 6 nitrogen and oxygen atoms in total. The van der Waals surface area contributed by atoms with Gasteiger partial charge in [0, 0.05) is 49.1 Å². The van der Waals surface area contributed by atoms with Crippen LogP contribution in [-0.4, -0.2) is 74.3 Å². The standard InChI is InChI=1S/C32H32ClF6N3O3S/c1-21(45-26-8-4-6-23(29(26)33)32(37,38)39)30(43)44-19-18-41-16-14-40(15-17-41)12-5-13-42-24-7-2-3-9-27(24)46-28-11-10-22(20-25(28)42)31(34,35)36/h2-4,6-11,20-21H,5,12-19H2,1H3. The van der Waals surface area contributed by atoms with Gasteiger partial charge in [0.15, 0.2) is 6.10 Å². The molecule has 2 heterocycles. The first kappa shape index (κ1) is 34.2. The molecule has 0 amide bonds. The zero-order valence-electron chi connectivity index (χ0n) is 24.8. The van der Waals surface area contributed by atoms with Gasteiger partial charge in [-0.25, -0.2) is 4.79 Å². The maximum Gasteiger partial charge on any atom is 0.417 e. The van der Waals surface area contributed by atoms with Crippen LogP contribution in [0.3, 0.4) is 0 Å². The fourth-order valence-electron chi connectivity index (χ4n) is 5.39. The molecule has 5 rings (SSSR count). The highest BCUT2D eigenvalue weighted by Crippen LogP contribution is 2.49. The van der Waals surface area contributed by atoms with Crippen LogP contribution in [0.4, 0.5) is 37.7 Å². The third-order valence-electron chi connectivity index (χ3n) is 7.83. The Bertz CT molecular complexity index is 1530. The quantitative estimate of drug-likeness (QED) is 0.158. The maximum atomic E-state index is 13.5. The first-order chi connectivity index (χ1) is 21.8. The first-order valence-corrected chi connectivity index (χ1v) is 15.9. The molecular weight excluding hydrogens is 656 g/mol. The van der Waals surface area contributed by atoms with Crippen LogP contribution in [0.15, 0.2) is 70.5 Å². The van der Waals surface area contributed by atoms with Crippen molar-refractivity contribution in [1.29, 1.82) is 0 Å². The van der Waals surface area contributed by atoms with E-state index in [1.54, 1.807) is 6.07 Å². The largest absolute Gasteiger partial charge is 0.477 e. The molecule has 0 aliphatic carbocycles. The summed E-state index contributed by atoms with van der Waals surface area (Å²) in [5.74, 6) is -0.968. The monoisotopic (exact) mass is 687 g/mol. The van der Waals surface area contributed by atoms with Gasteiger partial charge in [-0.05, 0) is 62.4 Å². The number of halogens is 7. The molecule has 2 aliphatic rings. The van der Waals surface area contributed by atoms with Crippen molar-refractivity contribution >= 4 is 40.7 Å². The second-order valence-electron chi connectivity index (χ2n) is 11.0. The van der Waals surface area contributed by atoms with Crippen LogP contribution in [-0.2, 0) is 21.9 Å². The molecule has 0 N–H and O–H groups in total. The number of rotatable bonds is 10. The summed E-state index contributed by atoms with van der Waals surface area (Å²) in [5.41, 5.74) is -0.251. The number of nitrogens with zero attached hydrogens (tertiary/aromatic N) is 3. The number of hydrogen-bond acceptors (Lipinski definition) is 7. The van der Waals surface area contributed by atoms with Crippen molar-refractivity contribution in [2.75, 3.05) is 57.3 Å². The van der Waals surface area contributed by atoms with Gasteiger partial charge in [0.2, 0.25) is 0 Å². The third kappa shape index (κ3) is 8.23. The Morgan fingerprint density at radius 1 is 0.848 bits per heavy atom. The van der Waals surface area contributed by atoms with Gasteiger partial charge in [-0.1, -0.05) is 41.6 Å². The smallest absolute Gasteiger partial charge is 0.417 e. The minimum atomic E-state index is -4.65. The Labute approximate surface area is 272 Å². The van der Waals surface area contributed by atoms with E-state index < -0.39 is 40.6 Å². The number of carbonyl (C=O) groups is 1. The predicted octanol–water partition coefficient (Wildman–Crippen LogP) is 8.00. The maximum absolute atomic E-state index is 13.5. The van der Waals surface area contributed by atoms with E-state index in [-0.39, 0.29) is 12.4 Å². The summed E-state index contributed by atoms with van der Waals surface area (Å²) < 4.78 is 90.4. The predicted molar refractivity (Wildman–Crippen MR) is 164 cm³/mol. The molecule has 1 fully saturated rings. The van der Waals surface area contributed by atoms with E-state index in [0.29, 0.717) is 18.8 Å². The second kappa shape index (κ2) is 14.3. The van der Waals surface area contributed by atoms with E-state index in [1.165, 1.54) is 30.8 Å². The van der Waals surface area contributed by atoms with Crippen LogP contribution in [0.5, 0.6) is 5.75 Å². The molecule has 0 aromatic heterocycles. The summed E-state index contributed by atoms with van der Waals surface area (Å²) >= 11 is 7.32. The van der Waals surface area contributed by atoms with E-state index in [0.717, 1.165) is 72.8 Å². The van der Waals surface area contributed by atoms with Gasteiger partial charge in [0.05, 0.1) is 27.5 Å². The third-order valence-corrected chi connectivity index (χ3v) is 9.35. The molecule has 3 aromatic carbocycles. The van der Waals surface area contributed by atoms with Crippen molar-refractivity contribution in [3.8, 4) is 5.75 Å². The minimum Gasteiger partial charge on any atom is -0.477 e. The van der Waals surface area contributed by atoms with Gasteiger partial charge < -0.3 is 19.3 Å². The summed E-state index contributed by atoms with van der Waals surface area (Å²) in [4.78, 5) is 20.6. The molecule has 0 bridgehead atoms. The molecule has 1 atom stereocenters. The van der Waals surface area contributed by atoms with E-state index in [1.807, 2.05) is 29.2 Å². The normalized spacial score (nSPS) is 16.5. The number of anilines is 2. The average molecular weight is 688 g/mol. The van der Waals surface area contributed by atoms with Crippen molar-refractivity contribution in [1.82, 2.24) is 9.80 Å². The number of piperazine rings is 1. The number of para-hydroxylation sites is 1. The molecule has 46 heavy (non-hydrogen) atoms. The Hall–Kier alpha value is -3.13. The minimum absolute atomic E-state index is 0.0918. The highest BCUT2D eigenvalue weighted by Gasteiger charge is 2.35. The van der Waals surface area contributed by atoms with Gasteiger partial charge in [0.1, 0.15) is 12.4 Å². The SMILES string of the molecule is CC(Oc1cccc(C(F)(F)F)c1Cl)C(=O)OCCN1CCN(CCCN2c3ccccc3Sc3ccc(C(F)(F)F)cc32)CC1. The van der Waals surface area contributed by atoms with E-state index >= 15 is 0 Å². The van der Waals surface area contributed by atoms with Crippen LogP contribution < -0.4 is 9.64 Å². The van der Waals surface area contributed by atoms with E-state index in [4.69, 9.17) is 21.1 Å². The summed E-state index contributed by atoms with van der Waals surface area (Å²) in [5, 5.41) is -0.618. The lowest BCUT2D eigenvalue weighted by molar-refractivity contribution is -0.151. The summed E-state index contributed by atoms with van der Waals surface area (Å²) in [6, 6.07) is 14.9. The van der Waals surface area contributed by atoms with Crippen molar-refractivity contribution in [3.63, 3.8) is 0 Å². The molecule has 3 aromatic rings. The number of benzene rings is 3. The number of fused-ring (bicyclic) bond motifs is 2. The van der Waals surface area contributed by atoms with Gasteiger partial charge >= 0.3 is 18.3 Å². The zero-order chi connectivity index (χ0) is 33.1. The highest BCUT2D eigenvalue weighted by molar-refractivity contribution is 7.99. The van der Waals surface area contributed by atoms with Crippen molar-refractivity contribution < 1.29 is 40.6 Å². The Morgan fingerprint density at radius 3 is 2.22 bits per heavy atom. The van der Waals surface area contributed by atoms with E-state index in [9.17, 15) is 31.1 Å². The Morgan fingerprint density at radius 2 is 1.52 bits per heavy atom. The highest BCUT2D eigenvalue weighted by atomic mass is 35.5. The first-order valence-electron chi connectivity index (χ1n) is 14.7. The lowest BCUT2D eigenvalue weighted by Crippen LogP contribution is -2.48. The number of alkyl halides is 6. The molecule has 2 aliphatic heterocycles. The topological polar surface area (TPSA) is 45.3 Å². The number of carbonyl (C=O) groups excluding carboxylic acids is 1. The second-order valence-corrected chi connectivity index (χ2v) is 12.4. The average Bonchev–Trinajstić information content (AvgIpc) is 3.01. The van der Waals surface area contributed by atoms with Crippen molar-refractivity contribution in [3.05, 3.63) is 76.8 Å². The van der Waals surface area contributed by atoms with Gasteiger partial charge in [-0.15, -0.1) is 0 Å². The van der Waals surface area contributed by atoms with Gasteiger partial charge in [0.25, 0.3) is 0 Å².